The highest BCUT2D eigenvalue weighted by molar-refractivity contribution is 5.69. The zero-order chi connectivity index (χ0) is 22.3. The molecule has 4 nitrogen and oxygen atoms in total. The molecule has 0 aliphatic heterocycles. The second kappa shape index (κ2) is 22.6. The first-order chi connectivity index (χ1) is 14.6. The molecule has 0 saturated carbocycles. The number of carbonyl (C=O) groups is 2. The molecule has 0 aromatic carbocycles. The second-order valence-electron chi connectivity index (χ2n) is 8.87. The topological polar surface area (TPSA) is 52.6 Å². The average Bonchev–Trinajstić information content (AvgIpc) is 2.72. The van der Waals surface area contributed by atoms with Gasteiger partial charge in [-0.15, -0.1) is 0 Å². The molecule has 0 fully saturated rings. The Labute approximate surface area is 186 Å². The molecule has 0 atom stereocenters. The Morgan fingerprint density at radius 2 is 0.900 bits per heavy atom. The van der Waals surface area contributed by atoms with Crippen LogP contribution in [0.3, 0.4) is 0 Å². The van der Waals surface area contributed by atoms with Crippen LogP contribution in [-0.4, -0.2) is 25.2 Å². The average molecular weight is 427 g/mol. The van der Waals surface area contributed by atoms with E-state index in [9.17, 15) is 9.59 Å². The first kappa shape index (κ1) is 28.9. The van der Waals surface area contributed by atoms with Gasteiger partial charge in [-0.2, -0.15) is 0 Å². The summed E-state index contributed by atoms with van der Waals surface area (Å²) in [6.45, 7) is 7.52. The van der Waals surface area contributed by atoms with Crippen molar-refractivity contribution < 1.29 is 19.1 Å². The van der Waals surface area contributed by atoms with Gasteiger partial charge >= 0.3 is 11.9 Å². The van der Waals surface area contributed by atoms with E-state index in [1.807, 2.05) is 0 Å². The van der Waals surface area contributed by atoms with Gasteiger partial charge in [0.25, 0.3) is 0 Å². The standard InChI is InChI=1S/C26H50O4/c1-4-6-8-10-12-14-16-18-25(27)29-22-20-24(3)21-23-30-26(28)19-17-15-13-11-9-7-5-2/h24H,4-23H2,1-3H3. The zero-order valence-electron chi connectivity index (χ0n) is 20.4. The molecule has 0 bridgehead atoms. The molecule has 0 spiro atoms. The number of carbonyl (C=O) groups excluding carboxylic acids is 2. The molecule has 0 rings (SSSR count). The number of ether oxygens (including phenoxy) is 2. The van der Waals surface area contributed by atoms with E-state index >= 15 is 0 Å². The van der Waals surface area contributed by atoms with Crippen LogP contribution in [-0.2, 0) is 19.1 Å². The van der Waals surface area contributed by atoms with E-state index < -0.39 is 0 Å². The van der Waals surface area contributed by atoms with Crippen LogP contribution in [0.1, 0.15) is 136 Å². The van der Waals surface area contributed by atoms with E-state index in [0.29, 0.717) is 32.0 Å². The highest BCUT2D eigenvalue weighted by atomic mass is 16.5. The van der Waals surface area contributed by atoms with E-state index in [1.165, 1.54) is 64.2 Å². The molecule has 4 heteroatoms. The third-order valence-corrected chi connectivity index (χ3v) is 5.72. The molecule has 0 amide bonds. The van der Waals surface area contributed by atoms with Crippen molar-refractivity contribution >= 4 is 11.9 Å². The van der Waals surface area contributed by atoms with Gasteiger partial charge in [-0.05, 0) is 31.6 Å². The minimum Gasteiger partial charge on any atom is -0.466 e. The van der Waals surface area contributed by atoms with Crippen LogP contribution in [0.15, 0.2) is 0 Å². The number of hydrogen-bond acceptors (Lipinski definition) is 4. The summed E-state index contributed by atoms with van der Waals surface area (Å²) in [6.07, 6.45) is 19.7. The summed E-state index contributed by atoms with van der Waals surface area (Å²) < 4.78 is 10.7. The lowest BCUT2D eigenvalue weighted by Gasteiger charge is -2.12. The largest absolute Gasteiger partial charge is 0.466 e. The Hall–Kier alpha value is -1.06. The van der Waals surface area contributed by atoms with Crippen LogP contribution < -0.4 is 0 Å². The van der Waals surface area contributed by atoms with Gasteiger partial charge in [0.05, 0.1) is 13.2 Å². The van der Waals surface area contributed by atoms with Crippen molar-refractivity contribution in [3.05, 3.63) is 0 Å². The lowest BCUT2D eigenvalue weighted by molar-refractivity contribution is -0.144. The van der Waals surface area contributed by atoms with Crippen molar-refractivity contribution in [1.82, 2.24) is 0 Å². The second-order valence-corrected chi connectivity index (χ2v) is 8.87. The summed E-state index contributed by atoms with van der Waals surface area (Å²) in [4.78, 5) is 23.5. The molecule has 0 N–H and O–H groups in total. The Balaban J connectivity index is 3.44. The van der Waals surface area contributed by atoms with Gasteiger partial charge in [-0.1, -0.05) is 97.8 Å². The van der Waals surface area contributed by atoms with Crippen LogP contribution in [0, 0.1) is 5.92 Å². The number of hydrogen-bond donors (Lipinski definition) is 0. The van der Waals surface area contributed by atoms with Crippen LogP contribution in [0.5, 0.6) is 0 Å². The maximum Gasteiger partial charge on any atom is 0.305 e. The molecule has 178 valence electrons. The molecule has 0 saturated heterocycles. The summed E-state index contributed by atoms with van der Waals surface area (Å²) in [6, 6.07) is 0. The van der Waals surface area contributed by atoms with Gasteiger partial charge < -0.3 is 9.47 Å². The molecule has 0 aromatic rings. The number of rotatable bonds is 22. The van der Waals surface area contributed by atoms with Crippen molar-refractivity contribution in [2.75, 3.05) is 13.2 Å². The Bertz CT molecular complexity index is 358. The predicted molar refractivity (Wildman–Crippen MR) is 126 cm³/mol. The maximum absolute atomic E-state index is 11.8. The lowest BCUT2D eigenvalue weighted by atomic mass is 10.1. The van der Waals surface area contributed by atoms with Crippen LogP contribution >= 0.6 is 0 Å². The summed E-state index contributed by atoms with van der Waals surface area (Å²) in [5.41, 5.74) is 0. The third-order valence-electron chi connectivity index (χ3n) is 5.72. The Morgan fingerprint density at radius 3 is 1.27 bits per heavy atom. The fourth-order valence-electron chi connectivity index (χ4n) is 3.49. The normalized spacial score (nSPS) is 11.1. The van der Waals surface area contributed by atoms with Crippen molar-refractivity contribution in [3.63, 3.8) is 0 Å². The quantitative estimate of drug-likeness (QED) is 0.131. The van der Waals surface area contributed by atoms with Gasteiger partial charge in [0.1, 0.15) is 0 Å². The smallest absolute Gasteiger partial charge is 0.305 e. The van der Waals surface area contributed by atoms with Crippen LogP contribution in [0.2, 0.25) is 0 Å². The summed E-state index contributed by atoms with van der Waals surface area (Å²) in [5.74, 6) is 0.247. The monoisotopic (exact) mass is 426 g/mol. The van der Waals surface area contributed by atoms with Gasteiger partial charge in [0.2, 0.25) is 0 Å². The van der Waals surface area contributed by atoms with Crippen molar-refractivity contribution in [3.8, 4) is 0 Å². The molecule has 0 aromatic heterocycles. The lowest BCUT2D eigenvalue weighted by Crippen LogP contribution is -2.11. The van der Waals surface area contributed by atoms with Crippen molar-refractivity contribution in [2.24, 2.45) is 5.92 Å². The number of esters is 2. The molecular weight excluding hydrogens is 376 g/mol. The van der Waals surface area contributed by atoms with Crippen molar-refractivity contribution in [1.29, 1.82) is 0 Å². The summed E-state index contributed by atoms with van der Waals surface area (Å²) >= 11 is 0. The molecule has 0 heterocycles. The summed E-state index contributed by atoms with van der Waals surface area (Å²) in [5, 5.41) is 0. The van der Waals surface area contributed by atoms with Crippen LogP contribution in [0.25, 0.3) is 0 Å². The van der Waals surface area contributed by atoms with Crippen molar-refractivity contribution in [2.45, 2.75) is 136 Å². The van der Waals surface area contributed by atoms with Gasteiger partial charge in [-0.25, -0.2) is 0 Å². The first-order valence-corrected chi connectivity index (χ1v) is 12.9. The molecule has 0 aliphatic rings. The van der Waals surface area contributed by atoms with Crippen LogP contribution in [0.4, 0.5) is 0 Å². The molecule has 0 unspecified atom stereocenters. The number of unbranched alkanes of at least 4 members (excludes halogenated alkanes) is 12. The zero-order valence-corrected chi connectivity index (χ0v) is 20.4. The van der Waals surface area contributed by atoms with Gasteiger partial charge in [-0.3, -0.25) is 9.59 Å². The van der Waals surface area contributed by atoms with Gasteiger partial charge in [0.15, 0.2) is 0 Å². The Morgan fingerprint density at radius 1 is 0.567 bits per heavy atom. The van der Waals surface area contributed by atoms with Gasteiger partial charge in [0, 0.05) is 12.8 Å². The van der Waals surface area contributed by atoms with E-state index in [0.717, 1.165) is 38.5 Å². The maximum atomic E-state index is 11.8. The van der Waals surface area contributed by atoms with E-state index in [4.69, 9.17) is 9.47 Å². The highest BCUT2D eigenvalue weighted by Crippen LogP contribution is 2.12. The molecule has 30 heavy (non-hydrogen) atoms. The SMILES string of the molecule is CCCCCCCCCC(=O)OCCC(C)CCOC(=O)CCCCCCCCC. The first-order valence-electron chi connectivity index (χ1n) is 12.9. The fraction of sp³-hybridized carbons (Fsp3) is 0.923. The minimum atomic E-state index is -0.0723. The van der Waals surface area contributed by atoms with E-state index in [1.54, 1.807) is 0 Å². The molecule has 0 radical (unpaired) electrons. The highest BCUT2D eigenvalue weighted by Gasteiger charge is 2.08. The van der Waals surface area contributed by atoms with E-state index in [2.05, 4.69) is 20.8 Å². The fourth-order valence-corrected chi connectivity index (χ4v) is 3.49. The van der Waals surface area contributed by atoms with E-state index in [-0.39, 0.29) is 11.9 Å². The summed E-state index contributed by atoms with van der Waals surface area (Å²) in [7, 11) is 0. The predicted octanol–water partition coefficient (Wildman–Crippen LogP) is 7.77. The third kappa shape index (κ3) is 21.6. The Kier molecular flexibility index (Phi) is 21.8. The molecular formula is C26H50O4. The minimum absolute atomic E-state index is 0.0723. The molecule has 0 aliphatic carbocycles.